The summed E-state index contributed by atoms with van der Waals surface area (Å²) < 4.78 is 0. The number of nitrogens with one attached hydrogen (secondary N) is 3. The molecule has 4 rings (SSSR count). The van der Waals surface area contributed by atoms with Gasteiger partial charge in [0.2, 0.25) is 11.8 Å². The van der Waals surface area contributed by atoms with E-state index >= 15 is 0 Å². The first-order chi connectivity index (χ1) is 14.5. The second-order valence-electron chi connectivity index (χ2n) is 7.79. The Labute approximate surface area is 175 Å². The molecule has 0 radical (unpaired) electrons. The molecule has 1 aromatic heterocycles. The number of para-hydroxylation sites is 1. The number of nitrogens with zero attached hydrogens (tertiary/aromatic N) is 2. The van der Waals surface area contributed by atoms with Crippen molar-refractivity contribution >= 4 is 23.4 Å². The predicted octanol–water partition coefficient (Wildman–Crippen LogP) is 1.65. The molecule has 2 aliphatic rings. The number of benzene rings is 1. The van der Waals surface area contributed by atoms with E-state index in [0.29, 0.717) is 31.5 Å². The van der Waals surface area contributed by atoms with Gasteiger partial charge in [0.25, 0.3) is 5.91 Å². The van der Waals surface area contributed by atoms with Gasteiger partial charge < -0.3 is 20.9 Å². The predicted molar refractivity (Wildman–Crippen MR) is 111 cm³/mol. The lowest BCUT2D eigenvalue weighted by Crippen LogP contribution is -2.58. The molecular weight excluding hydrogens is 382 g/mol. The van der Waals surface area contributed by atoms with Gasteiger partial charge in [0.15, 0.2) is 0 Å². The highest BCUT2D eigenvalue weighted by Gasteiger charge is 2.41. The van der Waals surface area contributed by atoms with Crippen molar-refractivity contribution in [1.82, 2.24) is 20.5 Å². The minimum Gasteiger partial charge on any atom is -0.362 e. The second kappa shape index (κ2) is 8.14. The number of hydrogen-bond donors (Lipinski definition) is 3. The fraction of sp³-hybridized carbons (Fsp3) is 0.364. The summed E-state index contributed by atoms with van der Waals surface area (Å²) in [7, 11) is 0. The van der Waals surface area contributed by atoms with Crippen molar-refractivity contribution in [2.45, 2.75) is 44.4 Å². The maximum absolute atomic E-state index is 12.8. The lowest BCUT2D eigenvalue weighted by Gasteiger charge is -2.40. The van der Waals surface area contributed by atoms with Crippen LogP contribution in [-0.4, -0.2) is 45.9 Å². The lowest BCUT2D eigenvalue weighted by molar-refractivity contribution is -0.139. The second-order valence-corrected chi connectivity index (χ2v) is 7.79. The molecule has 1 fully saturated rings. The Morgan fingerprint density at radius 3 is 2.73 bits per heavy atom. The fourth-order valence-corrected chi connectivity index (χ4v) is 4.03. The van der Waals surface area contributed by atoms with Crippen LogP contribution in [0.5, 0.6) is 0 Å². The van der Waals surface area contributed by atoms with Crippen molar-refractivity contribution in [2.75, 3.05) is 11.9 Å². The number of likely N-dealkylation sites (tertiary alicyclic amines) is 1. The Morgan fingerprint density at radius 2 is 1.93 bits per heavy atom. The van der Waals surface area contributed by atoms with Crippen molar-refractivity contribution in [3.8, 4) is 0 Å². The molecule has 2 aromatic rings. The first-order valence-electron chi connectivity index (χ1n) is 10.1. The summed E-state index contributed by atoms with van der Waals surface area (Å²) in [5.41, 5.74) is 1.62. The number of carbonyl (C=O) groups is 3. The van der Waals surface area contributed by atoms with E-state index in [1.54, 1.807) is 30.3 Å². The maximum Gasteiger partial charge on any atom is 0.255 e. The number of fused-ring (bicyclic) bond motifs is 1. The summed E-state index contributed by atoms with van der Waals surface area (Å²) in [5.74, 6) is -0.441. The van der Waals surface area contributed by atoms with Crippen molar-refractivity contribution in [3.05, 3.63) is 59.9 Å². The molecule has 0 unspecified atom stereocenters. The van der Waals surface area contributed by atoms with Gasteiger partial charge in [0.1, 0.15) is 11.7 Å². The highest BCUT2D eigenvalue weighted by molar-refractivity contribution is 6.02. The summed E-state index contributed by atoms with van der Waals surface area (Å²) in [6, 6.07) is 10.4. The van der Waals surface area contributed by atoms with Crippen LogP contribution in [0.15, 0.2) is 48.8 Å². The van der Waals surface area contributed by atoms with E-state index in [0.717, 1.165) is 11.3 Å². The third-order valence-corrected chi connectivity index (χ3v) is 5.83. The molecule has 1 aromatic carbocycles. The van der Waals surface area contributed by atoms with Crippen LogP contribution in [0.25, 0.3) is 0 Å². The monoisotopic (exact) mass is 407 g/mol. The molecule has 156 valence electrons. The first kappa shape index (κ1) is 19.9. The van der Waals surface area contributed by atoms with Crippen molar-refractivity contribution in [1.29, 1.82) is 0 Å². The van der Waals surface area contributed by atoms with Gasteiger partial charge >= 0.3 is 0 Å². The molecule has 2 aliphatic heterocycles. The Kier molecular flexibility index (Phi) is 5.39. The van der Waals surface area contributed by atoms with Gasteiger partial charge in [-0.25, -0.2) is 0 Å². The molecule has 8 heteroatoms. The van der Waals surface area contributed by atoms with Gasteiger partial charge in [-0.15, -0.1) is 0 Å². The molecule has 8 nitrogen and oxygen atoms in total. The van der Waals surface area contributed by atoms with Gasteiger partial charge in [0.05, 0.1) is 5.56 Å². The molecule has 3 amide bonds. The third-order valence-electron chi connectivity index (χ3n) is 5.83. The van der Waals surface area contributed by atoms with Crippen LogP contribution in [-0.2, 0) is 16.1 Å². The zero-order valence-electron chi connectivity index (χ0n) is 16.9. The third kappa shape index (κ3) is 3.98. The number of hydrogen-bond acceptors (Lipinski definition) is 5. The smallest absolute Gasteiger partial charge is 0.255 e. The largest absolute Gasteiger partial charge is 0.362 e. The Morgan fingerprint density at radius 1 is 1.17 bits per heavy atom. The van der Waals surface area contributed by atoms with Crippen molar-refractivity contribution < 1.29 is 14.4 Å². The quantitative estimate of drug-likeness (QED) is 0.715. The highest BCUT2D eigenvalue weighted by atomic mass is 16.2. The van der Waals surface area contributed by atoms with E-state index in [2.05, 4.69) is 20.9 Å². The molecular formula is C22H25N5O3. The molecule has 0 aliphatic carbocycles. The summed E-state index contributed by atoms with van der Waals surface area (Å²) >= 11 is 0. The summed E-state index contributed by atoms with van der Waals surface area (Å²) in [5, 5.41) is 9.35. The number of amides is 3. The minimum absolute atomic E-state index is 0.0895. The summed E-state index contributed by atoms with van der Waals surface area (Å²) in [6.45, 7) is 2.49. The number of carbonyl (C=O) groups excluding carboxylic acids is 3. The van der Waals surface area contributed by atoms with Crippen LogP contribution in [0, 0.1) is 0 Å². The van der Waals surface area contributed by atoms with E-state index in [1.807, 2.05) is 30.3 Å². The van der Waals surface area contributed by atoms with Crippen LogP contribution in [0.1, 0.15) is 42.1 Å². The van der Waals surface area contributed by atoms with Gasteiger partial charge in [0, 0.05) is 44.0 Å². The molecule has 2 atom stereocenters. The minimum atomic E-state index is -0.691. The van der Waals surface area contributed by atoms with E-state index in [4.69, 9.17) is 0 Å². The fourth-order valence-electron chi connectivity index (χ4n) is 4.03. The van der Waals surface area contributed by atoms with Gasteiger partial charge in [-0.1, -0.05) is 12.1 Å². The summed E-state index contributed by atoms with van der Waals surface area (Å²) in [4.78, 5) is 43.6. The topological polar surface area (TPSA) is 103 Å². The highest BCUT2D eigenvalue weighted by Crippen LogP contribution is 2.32. The Balaban J connectivity index is 1.42. The molecule has 3 N–H and O–H groups in total. The molecule has 0 bridgehead atoms. The van der Waals surface area contributed by atoms with Crippen LogP contribution < -0.4 is 16.0 Å². The average molecular weight is 407 g/mol. The Bertz CT molecular complexity index is 964. The van der Waals surface area contributed by atoms with Crippen molar-refractivity contribution in [2.24, 2.45) is 0 Å². The van der Waals surface area contributed by atoms with Crippen LogP contribution in [0.3, 0.4) is 0 Å². The summed E-state index contributed by atoms with van der Waals surface area (Å²) in [6.07, 6.45) is 4.57. The number of pyridine rings is 1. The van der Waals surface area contributed by atoms with Crippen LogP contribution in [0.4, 0.5) is 5.69 Å². The molecule has 30 heavy (non-hydrogen) atoms. The van der Waals surface area contributed by atoms with Crippen LogP contribution >= 0.6 is 0 Å². The maximum atomic E-state index is 12.8. The van der Waals surface area contributed by atoms with E-state index in [-0.39, 0.29) is 24.1 Å². The number of rotatable bonds is 4. The van der Waals surface area contributed by atoms with Gasteiger partial charge in [-0.05, 0) is 43.2 Å². The average Bonchev–Trinajstić information content (AvgIpc) is 2.91. The van der Waals surface area contributed by atoms with E-state index in [9.17, 15) is 14.4 Å². The van der Waals surface area contributed by atoms with Crippen molar-refractivity contribution in [3.63, 3.8) is 0 Å². The van der Waals surface area contributed by atoms with Gasteiger partial charge in [-0.3, -0.25) is 19.4 Å². The number of aromatic nitrogens is 1. The molecule has 0 saturated carbocycles. The molecule has 3 heterocycles. The number of anilines is 1. The lowest BCUT2D eigenvalue weighted by atomic mass is 9.95. The van der Waals surface area contributed by atoms with E-state index in [1.165, 1.54) is 0 Å². The molecule has 1 spiro atoms. The molecule has 1 saturated heterocycles. The zero-order valence-corrected chi connectivity index (χ0v) is 16.9. The van der Waals surface area contributed by atoms with E-state index < -0.39 is 11.7 Å². The zero-order chi connectivity index (χ0) is 21.1. The normalized spacial score (nSPS) is 21.8. The SMILES string of the molecule is C[C@@H](C(=O)NCc1ccncc1)N1CC[C@]2(CCC1=O)NC(=O)c1ccccc1N2. The van der Waals surface area contributed by atoms with Gasteiger partial charge in [-0.2, -0.15) is 0 Å². The standard InChI is InChI=1S/C22H25N5O3/c1-15(20(29)24-14-16-7-11-23-12-8-16)27-13-10-22(9-6-19(27)28)25-18-5-3-2-4-17(18)21(30)26-22/h2-5,7-8,11-12,15,25H,6,9-10,13-14H2,1H3,(H,24,29)(H,26,30)/t15-,22-/m0/s1. The Hall–Kier alpha value is -3.42. The van der Waals surface area contributed by atoms with Crippen LogP contribution in [0.2, 0.25) is 0 Å². The first-order valence-corrected chi connectivity index (χ1v) is 10.1.